The van der Waals surface area contributed by atoms with Crippen LogP contribution in [0.4, 0.5) is 0 Å². The summed E-state index contributed by atoms with van der Waals surface area (Å²) in [5.41, 5.74) is 0.701. The summed E-state index contributed by atoms with van der Waals surface area (Å²) < 4.78 is 0. The molecule has 0 amide bonds. The third-order valence-corrected chi connectivity index (χ3v) is 4.24. The molecule has 1 N–H and O–H groups in total. The zero-order chi connectivity index (χ0) is 13.8. The highest BCUT2D eigenvalue weighted by Crippen LogP contribution is 2.38. The molecule has 1 aliphatic heterocycles. The minimum atomic E-state index is -0.146. The number of aromatic nitrogens is 1. The fourth-order valence-corrected chi connectivity index (χ4v) is 3.00. The summed E-state index contributed by atoms with van der Waals surface area (Å²) in [7, 11) is 0. The maximum Gasteiger partial charge on any atom is 0.148 e. The van der Waals surface area contributed by atoms with Gasteiger partial charge in [0.15, 0.2) is 0 Å². The van der Waals surface area contributed by atoms with Gasteiger partial charge in [0.05, 0.1) is 28.6 Å². The minimum Gasteiger partial charge on any atom is -0.314 e. The van der Waals surface area contributed by atoms with Crippen LogP contribution >= 0.6 is 34.8 Å². The smallest absolute Gasteiger partial charge is 0.148 e. The fourth-order valence-electron chi connectivity index (χ4n) is 2.25. The van der Waals surface area contributed by atoms with E-state index in [1.807, 2.05) is 0 Å². The largest absolute Gasteiger partial charge is 0.314 e. The molecule has 0 unspecified atom stereocenters. The number of nitrogens with zero attached hydrogens (tertiary/aromatic N) is 3. The van der Waals surface area contributed by atoms with Gasteiger partial charge >= 0.3 is 0 Å². The number of rotatable bonds is 3. The molecule has 1 aliphatic rings. The van der Waals surface area contributed by atoms with Crippen molar-refractivity contribution < 1.29 is 0 Å². The van der Waals surface area contributed by atoms with Crippen LogP contribution in [0.1, 0.15) is 18.0 Å². The molecule has 1 atom stereocenters. The first-order chi connectivity index (χ1) is 9.15. The maximum atomic E-state index is 9.05. The van der Waals surface area contributed by atoms with Crippen LogP contribution < -0.4 is 5.32 Å². The second-order valence-corrected chi connectivity index (χ2v) is 5.43. The zero-order valence-electron chi connectivity index (χ0n) is 10.2. The van der Waals surface area contributed by atoms with Gasteiger partial charge < -0.3 is 5.32 Å². The van der Waals surface area contributed by atoms with Crippen molar-refractivity contribution in [2.24, 2.45) is 0 Å². The number of nitrogens with one attached hydrogen (secondary N) is 1. The van der Waals surface area contributed by atoms with E-state index in [4.69, 9.17) is 40.1 Å². The van der Waals surface area contributed by atoms with Crippen molar-refractivity contribution in [3.05, 3.63) is 27.0 Å². The van der Waals surface area contributed by atoms with Crippen LogP contribution in [0.15, 0.2) is 6.20 Å². The monoisotopic (exact) mass is 318 g/mol. The first-order valence-corrected chi connectivity index (χ1v) is 7.09. The summed E-state index contributed by atoms with van der Waals surface area (Å²) in [5.74, 6) is 0. The molecule has 19 heavy (non-hydrogen) atoms. The van der Waals surface area contributed by atoms with E-state index in [2.05, 4.69) is 21.3 Å². The predicted molar refractivity (Wildman–Crippen MR) is 76.7 cm³/mol. The Kier molecular flexibility index (Phi) is 5.26. The van der Waals surface area contributed by atoms with Crippen LogP contribution in [0.3, 0.4) is 0 Å². The summed E-state index contributed by atoms with van der Waals surface area (Å²) in [4.78, 5) is 6.11. The average molecular weight is 320 g/mol. The van der Waals surface area contributed by atoms with Gasteiger partial charge in [-0.15, -0.1) is 0 Å². The molecule has 2 rings (SSSR count). The molecule has 1 aromatic rings. The summed E-state index contributed by atoms with van der Waals surface area (Å²) in [6.45, 7) is 3.46. The highest BCUT2D eigenvalue weighted by Gasteiger charge is 2.27. The Bertz CT molecular complexity index is 494. The lowest BCUT2D eigenvalue weighted by atomic mass is 10.0. The Morgan fingerprint density at radius 3 is 2.68 bits per heavy atom. The summed E-state index contributed by atoms with van der Waals surface area (Å²) in [6, 6.07) is 2.05. The van der Waals surface area contributed by atoms with Gasteiger partial charge in [-0.05, 0) is 0 Å². The number of pyridine rings is 1. The molecule has 1 fully saturated rings. The highest BCUT2D eigenvalue weighted by atomic mass is 35.5. The minimum absolute atomic E-state index is 0.146. The predicted octanol–water partition coefficient (Wildman–Crippen LogP) is 2.90. The molecular formula is C12H13Cl3N4. The third-order valence-electron chi connectivity index (χ3n) is 3.18. The van der Waals surface area contributed by atoms with E-state index < -0.39 is 0 Å². The lowest BCUT2D eigenvalue weighted by molar-refractivity contribution is 0.175. The van der Waals surface area contributed by atoms with E-state index >= 15 is 0 Å². The molecule has 1 aromatic heterocycles. The van der Waals surface area contributed by atoms with Crippen molar-refractivity contribution in [2.75, 3.05) is 26.2 Å². The van der Waals surface area contributed by atoms with E-state index in [-0.39, 0.29) is 11.2 Å². The van der Waals surface area contributed by atoms with Crippen molar-refractivity contribution in [1.82, 2.24) is 15.2 Å². The summed E-state index contributed by atoms with van der Waals surface area (Å²) in [6.07, 6.45) is 1.80. The molecule has 2 heterocycles. The second kappa shape index (κ2) is 6.74. The van der Waals surface area contributed by atoms with Gasteiger partial charge in [-0.25, -0.2) is 4.98 Å². The van der Waals surface area contributed by atoms with Crippen molar-refractivity contribution in [1.29, 1.82) is 5.26 Å². The SMILES string of the molecule is N#CC[C@H](c1c(Cl)cnc(Cl)c1Cl)N1CCNCC1. The molecule has 0 radical (unpaired) electrons. The quantitative estimate of drug-likeness (QED) is 0.870. The molecule has 0 aliphatic carbocycles. The van der Waals surface area contributed by atoms with Crippen LogP contribution in [0.25, 0.3) is 0 Å². The average Bonchev–Trinajstić information content (AvgIpc) is 2.43. The van der Waals surface area contributed by atoms with Crippen molar-refractivity contribution in [3.63, 3.8) is 0 Å². The first kappa shape index (κ1) is 14.8. The molecule has 0 saturated carbocycles. The number of piperazine rings is 1. The first-order valence-electron chi connectivity index (χ1n) is 5.96. The van der Waals surface area contributed by atoms with Crippen LogP contribution in [0, 0.1) is 11.3 Å². The molecular weight excluding hydrogens is 307 g/mol. The Balaban J connectivity index is 2.38. The van der Waals surface area contributed by atoms with Gasteiger partial charge in [0.1, 0.15) is 5.15 Å². The molecule has 0 spiro atoms. The van der Waals surface area contributed by atoms with Crippen LogP contribution in [0.5, 0.6) is 0 Å². The third kappa shape index (κ3) is 3.31. The Hall–Kier alpha value is -0.570. The number of hydrogen-bond donors (Lipinski definition) is 1. The van der Waals surface area contributed by atoms with Gasteiger partial charge in [-0.3, -0.25) is 4.90 Å². The maximum absolute atomic E-state index is 9.05. The fraction of sp³-hybridized carbons (Fsp3) is 0.500. The van der Waals surface area contributed by atoms with Gasteiger partial charge in [0.2, 0.25) is 0 Å². The van der Waals surface area contributed by atoms with E-state index in [0.717, 1.165) is 26.2 Å². The van der Waals surface area contributed by atoms with Gasteiger partial charge in [0, 0.05) is 37.9 Å². The normalized spacial score (nSPS) is 18.0. The molecule has 1 saturated heterocycles. The lowest BCUT2D eigenvalue weighted by Crippen LogP contribution is -2.45. The summed E-state index contributed by atoms with van der Waals surface area (Å²) >= 11 is 18.4. The Morgan fingerprint density at radius 1 is 1.37 bits per heavy atom. The molecule has 102 valence electrons. The van der Waals surface area contributed by atoms with Gasteiger partial charge in [-0.2, -0.15) is 5.26 Å². The van der Waals surface area contributed by atoms with Crippen molar-refractivity contribution >= 4 is 34.8 Å². The molecule has 4 nitrogen and oxygen atoms in total. The van der Waals surface area contributed by atoms with Crippen LogP contribution in [-0.2, 0) is 0 Å². The molecule has 0 aromatic carbocycles. The molecule has 0 bridgehead atoms. The number of nitriles is 1. The van der Waals surface area contributed by atoms with Crippen molar-refractivity contribution in [2.45, 2.75) is 12.5 Å². The van der Waals surface area contributed by atoms with Gasteiger partial charge in [0.25, 0.3) is 0 Å². The standard InChI is InChI=1S/C12H13Cl3N4/c13-8-7-18-12(15)11(14)10(8)9(1-2-16)19-5-3-17-4-6-19/h7,9,17H,1,3-6H2/t9-/m1/s1. The molecule has 7 heteroatoms. The van der Waals surface area contributed by atoms with Gasteiger partial charge in [-0.1, -0.05) is 34.8 Å². The van der Waals surface area contributed by atoms with E-state index in [1.54, 1.807) is 0 Å². The van der Waals surface area contributed by atoms with Crippen LogP contribution in [-0.4, -0.2) is 36.1 Å². The van der Waals surface area contributed by atoms with E-state index in [9.17, 15) is 0 Å². The van der Waals surface area contributed by atoms with E-state index in [0.29, 0.717) is 22.0 Å². The van der Waals surface area contributed by atoms with E-state index in [1.165, 1.54) is 6.20 Å². The Morgan fingerprint density at radius 2 is 2.05 bits per heavy atom. The highest BCUT2D eigenvalue weighted by molar-refractivity contribution is 6.43. The topological polar surface area (TPSA) is 52.0 Å². The number of halogens is 3. The lowest BCUT2D eigenvalue weighted by Gasteiger charge is -2.34. The second-order valence-electron chi connectivity index (χ2n) is 4.29. The van der Waals surface area contributed by atoms with Crippen molar-refractivity contribution in [3.8, 4) is 6.07 Å². The van der Waals surface area contributed by atoms with Crippen LogP contribution in [0.2, 0.25) is 15.2 Å². The number of hydrogen-bond acceptors (Lipinski definition) is 4. The zero-order valence-corrected chi connectivity index (χ0v) is 12.4. The summed E-state index contributed by atoms with van der Waals surface area (Å²) in [5, 5.41) is 13.3. The Labute approximate surface area is 127 Å².